The molecule has 0 fully saturated rings. The van der Waals surface area contributed by atoms with Crippen molar-refractivity contribution in [3.05, 3.63) is 47.7 Å². The van der Waals surface area contributed by atoms with E-state index in [1.54, 1.807) is 0 Å². The first-order valence-electron chi connectivity index (χ1n) is 5.57. The molecule has 0 aliphatic rings. The van der Waals surface area contributed by atoms with Crippen LogP contribution in [-0.2, 0) is 6.42 Å². The van der Waals surface area contributed by atoms with Gasteiger partial charge in [-0.3, -0.25) is 0 Å². The minimum absolute atomic E-state index is 0.228. The Morgan fingerprint density at radius 3 is 2.62 bits per heavy atom. The summed E-state index contributed by atoms with van der Waals surface area (Å²) in [6.45, 7) is 2.17. The van der Waals surface area contributed by atoms with E-state index < -0.39 is 0 Å². The molecule has 0 saturated carbocycles. The zero-order valence-corrected chi connectivity index (χ0v) is 9.44. The largest absolute Gasteiger partial charge is 0.461 e. The second-order valence-electron chi connectivity index (χ2n) is 3.89. The van der Waals surface area contributed by atoms with Crippen LogP contribution >= 0.6 is 0 Å². The number of furan rings is 1. The van der Waals surface area contributed by atoms with E-state index >= 15 is 0 Å². The standard InChI is InChI=1S/C14H16O2/c1-11-8-9-14(16-11)13-7-3-2-5-12(13)6-4-10-15/h2-3,5,7-9,15H,4,6,10H2,1H3. The topological polar surface area (TPSA) is 33.4 Å². The zero-order chi connectivity index (χ0) is 11.4. The smallest absolute Gasteiger partial charge is 0.134 e. The van der Waals surface area contributed by atoms with Gasteiger partial charge in [0, 0.05) is 12.2 Å². The van der Waals surface area contributed by atoms with Gasteiger partial charge in [-0.2, -0.15) is 0 Å². The molecular formula is C14H16O2. The van der Waals surface area contributed by atoms with Crippen molar-refractivity contribution in [2.75, 3.05) is 6.61 Å². The molecule has 1 aromatic heterocycles. The molecule has 16 heavy (non-hydrogen) atoms. The van der Waals surface area contributed by atoms with Crippen molar-refractivity contribution >= 4 is 0 Å². The fourth-order valence-electron chi connectivity index (χ4n) is 1.83. The Hall–Kier alpha value is -1.54. The van der Waals surface area contributed by atoms with Crippen molar-refractivity contribution in [1.29, 1.82) is 0 Å². The molecule has 2 aromatic rings. The third-order valence-corrected chi connectivity index (χ3v) is 2.63. The highest BCUT2D eigenvalue weighted by Gasteiger charge is 2.07. The van der Waals surface area contributed by atoms with E-state index in [9.17, 15) is 0 Å². The Morgan fingerprint density at radius 1 is 1.12 bits per heavy atom. The van der Waals surface area contributed by atoms with Crippen LogP contribution in [0.15, 0.2) is 40.8 Å². The number of aliphatic hydroxyl groups is 1. The Kier molecular flexibility index (Phi) is 3.42. The van der Waals surface area contributed by atoms with Crippen LogP contribution < -0.4 is 0 Å². The maximum Gasteiger partial charge on any atom is 0.134 e. The highest BCUT2D eigenvalue weighted by Crippen LogP contribution is 2.26. The molecule has 2 nitrogen and oxygen atoms in total. The minimum atomic E-state index is 0.228. The van der Waals surface area contributed by atoms with Gasteiger partial charge in [0.1, 0.15) is 11.5 Å². The van der Waals surface area contributed by atoms with Gasteiger partial charge < -0.3 is 9.52 Å². The van der Waals surface area contributed by atoms with Crippen LogP contribution in [0, 0.1) is 6.92 Å². The maximum atomic E-state index is 8.87. The lowest BCUT2D eigenvalue weighted by atomic mass is 10.0. The molecule has 84 valence electrons. The third kappa shape index (κ3) is 2.34. The summed E-state index contributed by atoms with van der Waals surface area (Å²) < 4.78 is 5.63. The Balaban J connectivity index is 2.32. The van der Waals surface area contributed by atoms with Gasteiger partial charge in [-0.15, -0.1) is 0 Å². The average molecular weight is 216 g/mol. The van der Waals surface area contributed by atoms with Crippen LogP contribution in [0.1, 0.15) is 17.7 Å². The lowest BCUT2D eigenvalue weighted by molar-refractivity contribution is 0.288. The Bertz CT molecular complexity index is 457. The van der Waals surface area contributed by atoms with Crippen LogP contribution in [0.5, 0.6) is 0 Å². The summed E-state index contributed by atoms with van der Waals surface area (Å²) in [5.74, 6) is 1.83. The molecule has 0 saturated heterocycles. The fraction of sp³-hybridized carbons (Fsp3) is 0.286. The van der Waals surface area contributed by atoms with Gasteiger partial charge in [-0.05, 0) is 37.5 Å². The van der Waals surface area contributed by atoms with Crippen molar-refractivity contribution in [2.24, 2.45) is 0 Å². The first kappa shape index (κ1) is 11.0. The lowest BCUT2D eigenvalue weighted by Gasteiger charge is -2.06. The number of benzene rings is 1. The molecule has 2 rings (SSSR count). The highest BCUT2D eigenvalue weighted by molar-refractivity contribution is 5.62. The molecule has 0 amide bonds. The lowest BCUT2D eigenvalue weighted by Crippen LogP contribution is -1.92. The van der Waals surface area contributed by atoms with Gasteiger partial charge in [0.25, 0.3) is 0 Å². The van der Waals surface area contributed by atoms with Crippen LogP contribution in [0.25, 0.3) is 11.3 Å². The molecule has 1 N–H and O–H groups in total. The quantitative estimate of drug-likeness (QED) is 0.851. The van der Waals surface area contributed by atoms with Crippen molar-refractivity contribution in [2.45, 2.75) is 19.8 Å². The van der Waals surface area contributed by atoms with Crippen LogP contribution in [-0.4, -0.2) is 11.7 Å². The maximum absolute atomic E-state index is 8.87. The Labute approximate surface area is 95.5 Å². The summed E-state index contributed by atoms with van der Waals surface area (Å²) >= 11 is 0. The van der Waals surface area contributed by atoms with Gasteiger partial charge in [-0.25, -0.2) is 0 Å². The van der Waals surface area contributed by atoms with E-state index in [0.717, 1.165) is 29.9 Å². The van der Waals surface area contributed by atoms with Gasteiger partial charge in [0.15, 0.2) is 0 Å². The summed E-state index contributed by atoms with van der Waals surface area (Å²) in [5.41, 5.74) is 2.36. The molecule has 0 aliphatic carbocycles. The first-order chi connectivity index (χ1) is 7.81. The summed E-state index contributed by atoms with van der Waals surface area (Å²) in [7, 11) is 0. The third-order valence-electron chi connectivity index (χ3n) is 2.63. The van der Waals surface area contributed by atoms with E-state index in [-0.39, 0.29) is 6.61 Å². The zero-order valence-electron chi connectivity index (χ0n) is 9.44. The molecule has 0 atom stereocenters. The molecule has 0 spiro atoms. The summed E-state index contributed by atoms with van der Waals surface area (Å²) in [6.07, 6.45) is 1.67. The number of aryl methyl sites for hydroxylation is 2. The van der Waals surface area contributed by atoms with Gasteiger partial charge in [-0.1, -0.05) is 24.3 Å². The molecular weight excluding hydrogens is 200 g/mol. The van der Waals surface area contributed by atoms with Crippen LogP contribution in [0.3, 0.4) is 0 Å². The van der Waals surface area contributed by atoms with Crippen molar-refractivity contribution < 1.29 is 9.52 Å². The van der Waals surface area contributed by atoms with E-state index in [1.807, 2.05) is 31.2 Å². The molecule has 0 bridgehead atoms. The van der Waals surface area contributed by atoms with Gasteiger partial charge in [0.2, 0.25) is 0 Å². The van der Waals surface area contributed by atoms with Crippen LogP contribution in [0.4, 0.5) is 0 Å². The number of rotatable bonds is 4. The summed E-state index contributed by atoms with van der Waals surface area (Å²) in [4.78, 5) is 0. The number of hydrogen-bond donors (Lipinski definition) is 1. The predicted molar refractivity (Wildman–Crippen MR) is 64.3 cm³/mol. The SMILES string of the molecule is Cc1ccc(-c2ccccc2CCCO)o1. The van der Waals surface area contributed by atoms with Gasteiger partial charge >= 0.3 is 0 Å². The second kappa shape index (κ2) is 4.99. The molecule has 2 heteroatoms. The first-order valence-corrected chi connectivity index (χ1v) is 5.57. The Morgan fingerprint density at radius 2 is 1.94 bits per heavy atom. The van der Waals surface area contributed by atoms with Crippen molar-refractivity contribution in [3.63, 3.8) is 0 Å². The normalized spacial score (nSPS) is 10.6. The molecule has 1 aromatic carbocycles. The highest BCUT2D eigenvalue weighted by atomic mass is 16.3. The van der Waals surface area contributed by atoms with E-state index in [2.05, 4.69) is 12.1 Å². The number of hydrogen-bond acceptors (Lipinski definition) is 2. The van der Waals surface area contributed by atoms with Crippen molar-refractivity contribution in [1.82, 2.24) is 0 Å². The molecule has 0 unspecified atom stereocenters. The fourth-order valence-corrected chi connectivity index (χ4v) is 1.83. The monoisotopic (exact) mass is 216 g/mol. The van der Waals surface area contributed by atoms with E-state index in [1.165, 1.54) is 5.56 Å². The van der Waals surface area contributed by atoms with E-state index in [0.29, 0.717) is 0 Å². The van der Waals surface area contributed by atoms with Crippen molar-refractivity contribution in [3.8, 4) is 11.3 Å². The second-order valence-corrected chi connectivity index (χ2v) is 3.89. The van der Waals surface area contributed by atoms with Crippen LogP contribution in [0.2, 0.25) is 0 Å². The minimum Gasteiger partial charge on any atom is -0.461 e. The van der Waals surface area contributed by atoms with Gasteiger partial charge in [0.05, 0.1) is 0 Å². The van der Waals surface area contributed by atoms with E-state index in [4.69, 9.17) is 9.52 Å². The number of aliphatic hydroxyl groups excluding tert-OH is 1. The summed E-state index contributed by atoms with van der Waals surface area (Å²) in [5, 5.41) is 8.87. The molecule has 0 aliphatic heterocycles. The molecule has 0 radical (unpaired) electrons. The molecule has 1 heterocycles. The predicted octanol–water partition coefficient (Wildman–Crippen LogP) is 3.18. The summed E-state index contributed by atoms with van der Waals surface area (Å²) in [6, 6.07) is 12.1. The average Bonchev–Trinajstić information content (AvgIpc) is 2.73.